The molecule has 8 aromatic rings. The molecule has 2 heteroatoms. The SMILES string of the molecule is C=C/C=C\C=C/N(c1ccccc1)c1cccc2c1-c1ccccc1C21c2ccccc2-c2ccc(Nc3ccc4c(c3)cc(/C=C\C=C/C)c3ccccc34)cc21. The number of anilines is 4. The Kier molecular flexibility index (Phi) is 8.81. The lowest BCUT2D eigenvalue weighted by Gasteiger charge is -2.31. The van der Waals surface area contributed by atoms with E-state index in [9.17, 15) is 0 Å². The zero-order valence-electron chi connectivity index (χ0n) is 32.4. The number of hydrogen-bond donors (Lipinski definition) is 1. The van der Waals surface area contributed by atoms with Gasteiger partial charge in [-0.1, -0.05) is 164 Å². The van der Waals surface area contributed by atoms with E-state index in [0.717, 1.165) is 22.7 Å². The lowest BCUT2D eigenvalue weighted by molar-refractivity contribution is 0.794. The summed E-state index contributed by atoms with van der Waals surface area (Å²) in [5.74, 6) is 0. The number of benzene rings is 8. The highest BCUT2D eigenvalue weighted by Gasteiger charge is 2.52. The Bertz CT molecular complexity index is 3020. The highest BCUT2D eigenvalue weighted by atomic mass is 15.1. The number of nitrogens with one attached hydrogen (secondary N) is 1. The third-order valence-electron chi connectivity index (χ3n) is 11.7. The van der Waals surface area contributed by atoms with E-state index in [1.165, 1.54) is 71.6 Å². The lowest BCUT2D eigenvalue weighted by Crippen LogP contribution is -2.26. The van der Waals surface area contributed by atoms with E-state index >= 15 is 0 Å². The summed E-state index contributed by atoms with van der Waals surface area (Å²) in [6.45, 7) is 5.91. The van der Waals surface area contributed by atoms with Crippen LogP contribution in [0.25, 0.3) is 49.9 Å². The molecule has 0 aliphatic heterocycles. The molecule has 1 unspecified atom stereocenters. The minimum absolute atomic E-state index is 0.503. The molecule has 2 nitrogen and oxygen atoms in total. The maximum Gasteiger partial charge on any atom is 0.0727 e. The molecule has 0 fully saturated rings. The Morgan fingerprint density at radius 3 is 2.03 bits per heavy atom. The molecule has 0 heterocycles. The van der Waals surface area contributed by atoms with Gasteiger partial charge in [-0.2, -0.15) is 0 Å². The first-order valence-electron chi connectivity index (χ1n) is 20.0. The predicted octanol–water partition coefficient (Wildman–Crippen LogP) is 15.1. The largest absolute Gasteiger partial charge is 0.355 e. The maximum atomic E-state index is 3.87. The molecule has 0 amide bonds. The molecule has 276 valence electrons. The summed E-state index contributed by atoms with van der Waals surface area (Å²) in [6.07, 6.45) is 18.5. The Balaban J connectivity index is 1.14. The van der Waals surface area contributed by atoms with Gasteiger partial charge in [0, 0.05) is 28.8 Å². The predicted molar refractivity (Wildman–Crippen MR) is 248 cm³/mol. The van der Waals surface area contributed by atoms with Crippen molar-refractivity contribution in [3.8, 4) is 22.3 Å². The molecular formula is C56H42N2. The van der Waals surface area contributed by atoms with E-state index < -0.39 is 5.41 Å². The molecule has 1 N–H and O–H groups in total. The summed E-state index contributed by atoms with van der Waals surface area (Å²) >= 11 is 0. The van der Waals surface area contributed by atoms with Gasteiger partial charge in [0.25, 0.3) is 0 Å². The van der Waals surface area contributed by atoms with Crippen LogP contribution in [0.4, 0.5) is 22.7 Å². The Hall–Kier alpha value is -7.42. The van der Waals surface area contributed by atoms with Gasteiger partial charge in [0.1, 0.15) is 0 Å². The summed E-state index contributed by atoms with van der Waals surface area (Å²) in [6, 6.07) is 60.2. The fraction of sp³-hybridized carbons (Fsp3) is 0.0357. The van der Waals surface area contributed by atoms with Crippen molar-refractivity contribution in [3.63, 3.8) is 0 Å². The van der Waals surface area contributed by atoms with Crippen molar-refractivity contribution in [2.45, 2.75) is 12.3 Å². The Labute approximate surface area is 340 Å². The third kappa shape index (κ3) is 5.56. The van der Waals surface area contributed by atoms with Crippen molar-refractivity contribution < 1.29 is 0 Å². The standard InChI is InChI=1S/C56H42N2/c1-3-5-7-18-35-58(43-21-10-8-11-22-43)54-30-19-29-52-55(54)49-26-15-17-28-51(49)56(52)50-27-16-14-25-47(50)48-34-32-42(38-53(48)56)57-41-31-33-45-40(37-41)36-39(20-9-6-4-2)44-23-12-13-24-46(44)45/h3-38,57H,1H2,2H3/b6-4-,7-5-,20-9-,35-18-. The highest BCUT2D eigenvalue weighted by Crippen LogP contribution is 2.64. The second-order valence-electron chi connectivity index (χ2n) is 14.9. The highest BCUT2D eigenvalue weighted by molar-refractivity contribution is 6.11. The number of nitrogens with zero attached hydrogens (tertiary/aromatic N) is 1. The molecule has 0 bridgehead atoms. The summed E-state index contributed by atoms with van der Waals surface area (Å²) < 4.78 is 0. The average molecular weight is 743 g/mol. The first-order chi connectivity index (χ1) is 28.7. The number of hydrogen-bond acceptors (Lipinski definition) is 2. The zero-order valence-corrected chi connectivity index (χ0v) is 32.4. The molecule has 2 aliphatic rings. The second kappa shape index (κ2) is 14.6. The van der Waals surface area contributed by atoms with Gasteiger partial charge in [-0.25, -0.2) is 0 Å². The normalized spacial score (nSPS) is 15.2. The van der Waals surface area contributed by atoms with E-state index in [2.05, 4.69) is 217 Å². The van der Waals surface area contributed by atoms with Crippen molar-refractivity contribution in [2.24, 2.45) is 0 Å². The van der Waals surface area contributed by atoms with Crippen LogP contribution in [0.2, 0.25) is 0 Å². The van der Waals surface area contributed by atoms with Crippen LogP contribution in [-0.4, -0.2) is 0 Å². The summed E-state index contributed by atoms with van der Waals surface area (Å²) in [5, 5.41) is 8.82. The average Bonchev–Trinajstić information content (AvgIpc) is 3.74. The van der Waals surface area contributed by atoms with Crippen molar-refractivity contribution in [3.05, 3.63) is 247 Å². The fourth-order valence-corrected chi connectivity index (χ4v) is 9.41. The summed E-state index contributed by atoms with van der Waals surface area (Å²) in [7, 11) is 0. The van der Waals surface area contributed by atoms with Gasteiger partial charge in [-0.05, 0) is 128 Å². The molecular weight excluding hydrogens is 701 g/mol. The molecule has 0 saturated heterocycles. The van der Waals surface area contributed by atoms with Crippen molar-refractivity contribution >= 4 is 50.4 Å². The molecule has 1 atom stereocenters. The quantitative estimate of drug-likeness (QED) is 0.117. The van der Waals surface area contributed by atoms with Crippen molar-refractivity contribution in [1.82, 2.24) is 0 Å². The summed E-state index contributed by atoms with van der Waals surface area (Å²) in [4.78, 5) is 2.31. The molecule has 1 spiro atoms. The van der Waals surface area contributed by atoms with E-state index in [0.29, 0.717) is 0 Å². The van der Waals surface area contributed by atoms with E-state index in [1.807, 2.05) is 19.1 Å². The molecule has 0 saturated carbocycles. The molecule has 0 radical (unpaired) electrons. The monoisotopic (exact) mass is 742 g/mol. The molecule has 58 heavy (non-hydrogen) atoms. The van der Waals surface area contributed by atoms with Gasteiger partial charge < -0.3 is 10.2 Å². The van der Waals surface area contributed by atoms with Crippen LogP contribution in [0.5, 0.6) is 0 Å². The van der Waals surface area contributed by atoms with Crippen molar-refractivity contribution in [1.29, 1.82) is 0 Å². The van der Waals surface area contributed by atoms with Crippen LogP contribution in [-0.2, 0) is 5.41 Å². The zero-order chi connectivity index (χ0) is 39.1. The van der Waals surface area contributed by atoms with Crippen LogP contribution >= 0.6 is 0 Å². The molecule has 10 rings (SSSR count). The van der Waals surface area contributed by atoms with Gasteiger partial charge in [-0.3, -0.25) is 0 Å². The lowest BCUT2D eigenvalue weighted by atomic mass is 9.70. The topological polar surface area (TPSA) is 15.3 Å². The van der Waals surface area contributed by atoms with Gasteiger partial charge >= 0.3 is 0 Å². The third-order valence-corrected chi connectivity index (χ3v) is 11.7. The van der Waals surface area contributed by atoms with Crippen molar-refractivity contribution in [2.75, 3.05) is 10.2 Å². The van der Waals surface area contributed by atoms with Crippen LogP contribution in [0.15, 0.2) is 219 Å². The van der Waals surface area contributed by atoms with Gasteiger partial charge in [-0.15, -0.1) is 0 Å². The second-order valence-corrected chi connectivity index (χ2v) is 14.9. The first-order valence-corrected chi connectivity index (χ1v) is 20.0. The minimum Gasteiger partial charge on any atom is -0.355 e. The van der Waals surface area contributed by atoms with Crippen LogP contribution in [0.3, 0.4) is 0 Å². The smallest absolute Gasteiger partial charge is 0.0727 e. The van der Waals surface area contributed by atoms with Crippen LogP contribution in [0, 0.1) is 0 Å². The Morgan fingerprint density at radius 2 is 1.21 bits per heavy atom. The van der Waals surface area contributed by atoms with Gasteiger partial charge in [0.05, 0.1) is 11.1 Å². The fourth-order valence-electron chi connectivity index (χ4n) is 9.41. The minimum atomic E-state index is -0.503. The number of fused-ring (bicyclic) bond motifs is 13. The number of para-hydroxylation sites is 1. The van der Waals surface area contributed by atoms with E-state index in [1.54, 1.807) is 6.08 Å². The first kappa shape index (κ1) is 35.0. The molecule has 2 aliphatic carbocycles. The van der Waals surface area contributed by atoms with Gasteiger partial charge in [0.2, 0.25) is 0 Å². The molecule has 8 aromatic carbocycles. The van der Waals surface area contributed by atoms with E-state index in [-0.39, 0.29) is 0 Å². The Morgan fingerprint density at radius 1 is 0.517 bits per heavy atom. The van der Waals surface area contributed by atoms with Crippen LogP contribution in [0.1, 0.15) is 34.7 Å². The van der Waals surface area contributed by atoms with Gasteiger partial charge in [0.15, 0.2) is 0 Å². The van der Waals surface area contributed by atoms with Crippen LogP contribution < -0.4 is 10.2 Å². The summed E-state index contributed by atoms with van der Waals surface area (Å²) in [5.41, 5.74) is 15.3. The maximum absolute atomic E-state index is 3.87. The number of allylic oxidation sites excluding steroid dienone is 7. The molecule has 0 aromatic heterocycles. The number of rotatable bonds is 9. The van der Waals surface area contributed by atoms with E-state index in [4.69, 9.17) is 0 Å².